The molecule has 1 amide bonds. The van der Waals surface area contributed by atoms with Gasteiger partial charge >= 0.3 is 0 Å². The summed E-state index contributed by atoms with van der Waals surface area (Å²) in [6.07, 6.45) is 1.37. The Morgan fingerprint density at radius 2 is 1.54 bits per heavy atom. The molecule has 4 heteroatoms. The van der Waals surface area contributed by atoms with E-state index in [9.17, 15) is 9.59 Å². The smallest absolute Gasteiger partial charge is 0.224 e. The molecule has 2 aromatic rings. The van der Waals surface area contributed by atoms with Crippen LogP contribution in [0.15, 0.2) is 54.6 Å². The summed E-state index contributed by atoms with van der Waals surface area (Å²) in [7, 11) is 0. The summed E-state index contributed by atoms with van der Waals surface area (Å²) in [5, 5.41) is 6.37. The number of ketones is 1. The van der Waals surface area contributed by atoms with Crippen LogP contribution in [0.5, 0.6) is 0 Å². The molecule has 0 heterocycles. The minimum atomic E-state index is -0.0714. The van der Waals surface area contributed by atoms with Crippen LogP contribution in [-0.2, 0) is 9.59 Å². The number of anilines is 2. The van der Waals surface area contributed by atoms with Gasteiger partial charge in [0.25, 0.3) is 0 Å². The van der Waals surface area contributed by atoms with E-state index < -0.39 is 0 Å². The SMILES string of the molecule is CC(=O)CCCC(=O)Nc1ccccc1N[C@H](C)c1ccccc1. The predicted octanol–water partition coefficient (Wildman–Crippen LogP) is 4.56. The number of carbonyl (C=O) groups excluding carboxylic acids is 2. The molecule has 0 fully saturated rings. The molecule has 0 spiro atoms. The van der Waals surface area contributed by atoms with Gasteiger partial charge in [0.1, 0.15) is 5.78 Å². The van der Waals surface area contributed by atoms with E-state index in [1.54, 1.807) is 6.92 Å². The van der Waals surface area contributed by atoms with E-state index in [0.29, 0.717) is 19.3 Å². The number of amides is 1. The van der Waals surface area contributed by atoms with Crippen molar-refractivity contribution < 1.29 is 9.59 Å². The fourth-order valence-electron chi connectivity index (χ4n) is 2.49. The average molecular weight is 324 g/mol. The molecule has 0 unspecified atom stereocenters. The Bertz CT molecular complexity index is 683. The third-order valence-electron chi connectivity index (χ3n) is 3.81. The molecule has 24 heavy (non-hydrogen) atoms. The molecule has 0 saturated heterocycles. The molecule has 0 aliphatic carbocycles. The largest absolute Gasteiger partial charge is 0.377 e. The third kappa shape index (κ3) is 5.54. The molecule has 126 valence electrons. The first kappa shape index (κ1) is 17.7. The maximum absolute atomic E-state index is 12.1. The zero-order valence-electron chi connectivity index (χ0n) is 14.2. The molecular weight excluding hydrogens is 300 g/mol. The number of nitrogens with one attached hydrogen (secondary N) is 2. The van der Waals surface area contributed by atoms with Crippen LogP contribution in [0.3, 0.4) is 0 Å². The molecule has 1 atom stereocenters. The fourth-order valence-corrected chi connectivity index (χ4v) is 2.49. The third-order valence-corrected chi connectivity index (χ3v) is 3.81. The van der Waals surface area contributed by atoms with Crippen molar-refractivity contribution in [2.24, 2.45) is 0 Å². The quantitative estimate of drug-likeness (QED) is 0.748. The van der Waals surface area contributed by atoms with Crippen LogP contribution in [0.4, 0.5) is 11.4 Å². The Morgan fingerprint density at radius 1 is 0.917 bits per heavy atom. The Hall–Kier alpha value is -2.62. The van der Waals surface area contributed by atoms with Gasteiger partial charge < -0.3 is 15.4 Å². The van der Waals surface area contributed by atoms with Crippen LogP contribution in [0.25, 0.3) is 0 Å². The monoisotopic (exact) mass is 324 g/mol. The van der Waals surface area contributed by atoms with Crippen LogP contribution in [0.2, 0.25) is 0 Å². The lowest BCUT2D eigenvalue weighted by atomic mass is 10.1. The Labute approximate surface area is 143 Å². The topological polar surface area (TPSA) is 58.2 Å². The number of hydrogen-bond acceptors (Lipinski definition) is 3. The van der Waals surface area contributed by atoms with Gasteiger partial charge in [-0.25, -0.2) is 0 Å². The molecule has 0 radical (unpaired) electrons. The van der Waals surface area contributed by atoms with E-state index in [0.717, 1.165) is 11.4 Å². The van der Waals surface area contributed by atoms with Crippen molar-refractivity contribution in [3.05, 3.63) is 60.2 Å². The molecule has 0 aliphatic heterocycles. The summed E-state index contributed by atoms with van der Waals surface area (Å²) in [6.45, 7) is 3.63. The first-order valence-electron chi connectivity index (χ1n) is 8.26. The lowest BCUT2D eigenvalue weighted by Gasteiger charge is -2.19. The lowest BCUT2D eigenvalue weighted by Crippen LogP contribution is -2.14. The van der Waals surface area contributed by atoms with Gasteiger partial charge in [-0.15, -0.1) is 0 Å². The molecule has 2 N–H and O–H groups in total. The van der Waals surface area contributed by atoms with Crippen molar-refractivity contribution in [2.45, 2.75) is 39.2 Å². The van der Waals surface area contributed by atoms with Crippen LogP contribution in [0, 0.1) is 0 Å². The van der Waals surface area contributed by atoms with Crippen LogP contribution < -0.4 is 10.6 Å². The molecular formula is C20H24N2O2. The van der Waals surface area contributed by atoms with Gasteiger partial charge in [-0.05, 0) is 38.0 Å². The van der Waals surface area contributed by atoms with Gasteiger partial charge in [-0.2, -0.15) is 0 Å². The van der Waals surface area contributed by atoms with Crippen molar-refractivity contribution in [2.75, 3.05) is 10.6 Å². The molecule has 4 nitrogen and oxygen atoms in total. The summed E-state index contributed by atoms with van der Waals surface area (Å²) >= 11 is 0. The highest BCUT2D eigenvalue weighted by molar-refractivity contribution is 5.94. The zero-order valence-corrected chi connectivity index (χ0v) is 14.2. The molecule has 0 bridgehead atoms. The number of hydrogen-bond donors (Lipinski definition) is 2. The van der Waals surface area contributed by atoms with Gasteiger partial charge in [0.05, 0.1) is 11.4 Å². The molecule has 0 saturated carbocycles. The first-order valence-corrected chi connectivity index (χ1v) is 8.26. The van der Waals surface area contributed by atoms with Gasteiger partial charge in [0.2, 0.25) is 5.91 Å². The average Bonchev–Trinajstić information content (AvgIpc) is 2.57. The van der Waals surface area contributed by atoms with E-state index in [1.807, 2.05) is 42.5 Å². The van der Waals surface area contributed by atoms with E-state index in [4.69, 9.17) is 0 Å². The molecule has 2 rings (SSSR count). The van der Waals surface area contributed by atoms with E-state index >= 15 is 0 Å². The van der Waals surface area contributed by atoms with Crippen molar-refractivity contribution in [1.82, 2.24) is 0 Å². The van der Waals surface area contributed by atoms with Crippen molar-refractivity contribution in [3.8, 4) is 0 Å². The summed E-state index contributed by atoms with van der Waals surface area (Å²) < 4.78 is 0. The number of benzene rings is 2. The number of para-hydroxylation sites is 2. The number of rotatable bonds is 8. The maximum Gasteiger partial charge on any atom is 0.224 e. The second kappa shape index (κ2) is 8.87. The number of Topliss-reactive ketones (excluding diaryl/α,β-unsaturated/α-hetero) is 1. The fraction of sp³-hybridized carbons (Fsp3) is 0.300. The van der Waals surface area contributed by atoms with Crippen LogP contribution >= 0.6 is 0 Å². The molecule has 2 aromatic carbocycles. The highest BCUT2D eigenvalue weighted by Crippen LogP contribution is 2.26. The summed E-state index contributed by atoms with van der Waals surface area (Å²) in [5.74, 6) is 0.0411. The van der Waals surface area contributed by atoms with Crippen LogP contribution in [-0.4, -0.2) is 11.7 Å². The molecule has 0 aliphatic rings. The second-order valence-electron chi connectivity index (χ2n) is 5.93. The Morgan fingerprint density at radius 3 is 2.21 bits per heavy atom. The minimum absolute atomic E-state index is 0.0714. The van der Waals surface area contributed by atoms with E-state index in [1.165, 1.54) is 5.56 Å². The summed E-state index contributed by atoms with van der Waals surface area (Å²) in [5.41, 5.74) is 2.82. The molecule has 0 aromatic heterocycles. The normalized spacial score (nSPS) is 11.6. The van der Waals surface area contributed by atoms with E-state index in [2.05, 4.69) is 29.7 Å². The standard InChI is InChI=1S/C20H24N2O2/c1-15(23)9-8-14-20(24)22-19-13-7-6-12-18(19)21-16(2)17-10-4-3-5-11-17/h3-7,10-13,16,21H,8-9,14H2,1-2H3,(H,22,24)/t16-/m1/s1. The first-order chi connectivity index (χ1) is 11.6. The van der Waals surface area contributed by atoms with E-state index in [-0.39, 0.29) is 17.7 Å². The Kier molecular flexibility index (Phi) is 6.55. The highest BCUT2D eigenvalue weighted by Gasteiger charge is 2.10. The Balaban J connectivity index is 1.99. The van der Waals surface area contributed by atoms with Crippen LogP contribution in [0.1, 0.15) is 44.7 Å². The van der Waals surface area contributed by atoms with Gasteiger partial charge in [-0.1, -0.05) is 42.5 Å². The lowest BCUT2D eigenvalue weighted by molar-refractivity contribution is -0.117. The van der Waals surface area contributed by atoms with Gasteiger partial charge in [0.15, 0.2) is 0 Å². The van der Waals surface area contributed by atoms with Gasteiger partial charge in [-0.3, -0.25) is 4.79 Å². The maximum atomic E-state index is 12.1. The summed E-state index contributed by atoms with van der Waals surface area (Å²) in [4.78, 5) is 23.0. The summed E-state index contributed by atoms with van der Waals surface area (Å²) in [6, 6.07) is 17.9. The number of carbonyl (C=O) groups is 2. The zero-order chi connectivity index (χ0) is 17.4. The second-order valence-corrected chi connectivity index (χ2v) is 5.93. The predicted molar refractivity (Wildman–Crippen MR) is 98.1 cm³/mol. The highest BCUT2D eigenvalue weighted by atomic mass is 16.1. The van der Waals surface area contributed by atoms with Crippen molar-refractivity contribution in [3.63, 3.8) is 0 Å². The van der Waals surface area contributed by atoms with Gasteiger partial charge in [0, 0.05) is 18.9 Å². The van der Waals surface area contributed by atoms with Crippen molar-refractivity contribution >= 4 is 23.1 Å². The van der Waals surface area contributed by atoms with Crippen molar-refractivity contribution in [1.29, 1.82) is 0 Å². The minimum Gasteiger partial charge on any atom is -0.377 e.